The molecular formula is C25H23N3O2. The van der Waals surface area contributed by atoms with Crippen molar-refractivity contribution < 1.29 is 4.79 Å². The zero-order chi connectivity index (χ0) is 20.8. The Morgan fingerprint density at radius 3 is 2.50 bits per heavy atom. The largest absolute Gasteiger partial charge is 0.326 e. The summed E-state index contributed by atoms with van der Waals surface area (Å²) in [6, 6.07) is 25.3. The highest BCUT2D eigenvalue weighted by atomic mass is 16.1. The second-order valence-corrected chi connectivity index (χ2v) is 7.23. The lowest BCUT2D eigenvalue weighted by Gasteiger charge is -2.12. The molecule has 0 radical (unpaired) electrons. The van der Waals surface area contributed by atoms with Crippen LogP contribution in [0.5, 0.6) is 0 Å². The van der Waals surface area contributed by atoms with Crippen molar-refractivity contribution in [3.05, 3.63) is 107 Å². The van der Waals surface area contributed by atoms with Gasteiger partial charge in [0.25, 0.3) is 5.56 Å². The van der Waals surface area contributed by atoms with Crippen LogP contribution in [0.3, 0.4) is 0 Å². The number of para-hydroxylation sites is 2. The van der Waals surface area contributed by atoms with E-state index in [2.05, 4.69) is 22.4 Å². The second-order valence-electron chi connectivity index (χ2n) is 7.23. The van der Waals surface area contributed by atoms with E-state index in [1.165, 1.54) is 5.56 Å². The predicted octanol–water partition coefficient (Wildman–Crippen LogP) is 4.41. The molecule has 0 aliphatic rings. The number of benzene rings is 3. The van der Waals surface area contributed by atoms with Crippen LogP contribution < -0.4 is 10.9 Å². The van der Waals surface area contributed by atoms with Gasteiger partial charge in [-0.2, -0.15) is 0 Å². The average molecular weight is 397 g/mol. The van der Waals surface area contributed by atoms with E-state index in [0.717, 1.165) is 17.7 Å². The number of hydrogen-bond donors (Lipinski definition) is 1. The summed E-state index contributed by atoms with van der Waals surface area (Å²) < 4.78 is 1.57. The minimum absolute atomic E-state index is 0.0580. The number of amides is 1. The SMILES string of the molecule is O=C(CCCn1cnc2ccccc2c1=O)Nc1ccccc1Cc1ccccc1. The Morgan fingerprint density at radius 2 is 1.63 bits per heavy atom. The Labute approximate surface area is 175 Å². The third-order valence-electron chi connectivity index (χ3n) is 5.06. The highest BCUT2D eigenvalue weighted by Gasteiger charge is 2.08. The highest BCUT2D eigenvalue weighted by molar-refractivity contribution is 5.91. The maximum absolute atomic E-state index is 12.5. The van der Waals surface area contributed by atoms with Crippen molar-refractivity contribution in [1.82, 2.24) is 9.55 Å². The zero-order valence-electron chi connectivity index (χ0n) is 16.6. The first kappa shape index (κ1) is 19.6. The molecule has 5 nitrogen and oxygen atoms in total. The van der Waals surface area contributed by atoms with Gasteiger partial charge in [-0.15, -0.1) is 0 Å². The van der Waals surface area contributed by atoms with Gasteiger partial charge in [0.1, 0.15) is 0 Å². The predicted molar refractivity (Wildman–Crippen MR) is 120 cm³/mol. The Morgan fingerprint density at radius 1 is 0.900 bits per heavy atom. The molecule has 0 saturated heterocycles. The fraction of sp³-hybridized carbons (Fsp3) is 0.160. The number of anilines is 1. The summed E-state index contributed by atoms with van der Waals surface area (Å²) in [5.74, 6) is -0.0580. The first-order valence-electron chi connectivity index (χ1n) is 10.1. The van der Waals surface area contributed by atoms with E-state index in [4.69, 9.17) is 0 Å². The van der Waals surface area contributed by atoms with Crippen LogP contribution in [-0.4, -0.2) is 15.5 Å². The highest BCUT2D eigenvalue weighted by Crippen LogP contribution is 2.19. The topological polar surface area (TPSA) is 64.0 Å². The summed E-state index contributed by atoms with van der Waals surface area (Å²) in [5, 5.41) is 3.62. The summed E-state index contributed by atoms with van der Waals surface area (Å²) >= 11 is 0. The lowest BCUT2D eigenvalue weighted by Crippen LogP contribution is -2.21. The van der Waals surface area contributed by atoms with E-state index in [1.807, 2.05) is 60.7 Å². The van der Waals surface area contributed by atoms with Gasteiger partial charge in [0, 0.05) is 18.7 Å². The standard InChI is InChI=1S/C25H23N3O2/c29-24(15-8-16-28-18-26-23-14-7-5-12-21(23)25(28)30)27-22-13-6-4-11-20(22)17-19-9-2-1-3-10-19/h1-7,9-14,18H,8,15-17H2,(H,27,29). The Bertz CT molecular complexity index is 1220. The Kier molecular flexibility index (Phi) is 5.99. The third kappa shape index (κ3) is 4.63. The van der Waals surface area contributed by atoms with Crippen molar-refractivity contribution in [3.8, 4) is 0 Å². The molecule has 30 heavy (non-hydrogen) atoms. The number of nitrogens with one attached hydrogen (secondary N) is 1. The number of aromatic nitrogens is 2. The lowest BCUT2D eigenvalue weighted by atomic mass is 10.0. The number of carbonyl (C=O) groups excluding carboxylic acids is 1. The number of fused-ring (bicyclic) bond motifs is 1. The molecule has 1 heterocycles. The van der Waals surface area contributed by atoms with Crippen LogP contribution in [0, 0.1) is 0 Å². The summed E-state index contributed by atoms with van der Waals surface area (Å²) in [4.78, 5) is 29.3. The van der Waals surface area contributed by atoms with Crippen LogP contribution >= 0.6 is 0 Å². The van der Waals surface area contributed by atoms with Crippen LogP contribution in [-0.2, 0) is 17.8 Å². The fourth-order valence-electron chi connectivity index (χ4n) is 3.50. The summed E-state index contributed by atoms with van der Waals surface area (Å²) in [6.45, 7) is 0.454. The van der Waals surface area contributed by atoms with Crippen molar-refractivity contribution in [3.63, 3.8) is 0 Å². The normalized spacial score (nSPS) is 10.8. The number of rotatable bonds is 7. The first-order valence-corrected chi connectivity index (χ1v) is 10.1. The first-order chi connectivity index (χ1) is 14.7. The monoisotopic (exact) mass is 397 g/mol. The molecule has 1 aromatic heterocycles. The second kappa shape index (κ2) is 9.18. The molecule has 4 rings (SSSR count). The van der Waals surface area contributed by atoms with Gasteiger partial charge in [-0.25, -0.2) is 4.98 Å². The molecule has 0 unspecified atom stereocenters. The van der Waals surface area contributed by atoms with Gasteiger partial charge < -0.3 is 5.32 Å². The Hall–Kier alpha value is -3.73. The van der Waals surface area contributed by atoms with E-state index in [1.54, 1.807) is 17.0 Å². The van der Waals surface area contributed by atoms with E-state index in [-0.39, 0.29) is 11.5 Å². The molecule has 4 aromatic rings. The van der Waals surface area contributed by atoms with Crippen molar-refractivity contribution in [2.75, 3.05) is 5.32 Å². The van der Waals surface area contributed by atoms with Crippen molar-refractivity contribution in [2.45, 2.75) is 25.8 Å². The van der Waals surface area contributed by atoms with Gasteiger partial charge in [-0.05, 0) is 42.2 Å². The smallest absolute Gasteiger partial charge is 0.261 e. The van der Waals surface area contributed by atoms with Crippen molar-refractivity contribution in [2.24, 2.45) is 0 Å². The number of aryl methyl sites for hydroxylation is 1. The molecule has 0 aliphatic heterocycles. The van der Waals surface area contributed by atoms with E-state index >= 15 is 0 Å². The van der Waals surface area contributed by atoms with Crippen LogP contribution in [0.25, 0.3) is 10.9 Å². The average Bonchev–Trinajstić information content (AvgIpc) is 2.78. The molecule has 5 heteroatoms. The minimum Gasteiger partial charge on any atom is -0.326 e. The summed E-state index contributed by atoms with van der Waals surface area (Å²) in [5.41, 5.74) is 3.71. The van der Waals surface area contributed by atoms with Gasteiger partial charge in [0.05, 0.1) is 17.2 Å². The van der Waals surface area contributed by atoms with Crippen molar-refractivity contribution in [1.29, 1.82) is 0 Å². The summed E-state index contributed by atoms with van der Waals surface area (Å²) in [7, 11) is 0. The van der Waals surface area contributed by atoms with Crippen LogP contribution in [0.2, 0.25) is 0 Å². The fourth-order valence-corrected chi connectivity index (χ4v) is 3.50. The summed E-state index contributed by atoms with van der Waals surface area (Å²) in [6.07, 6.45) is 3.21. The van der Waals surface area contributed by atoms with Crippen LogP contribution in [0.4, 0.5) is 5.69 Å². The molecule has 1 N–H and O–H groups in total. The number of nitrogens with zero attached hydrogens (tertiary/aromatic N) is 2. The molecule has 0 bridgehead atoms. The zero-order valence-corrected chi connectivity index (χ0v) is 16.6. The molecule has 150 valence electrons. The maximum atomic E-state index is 12.5. The van der Waals surface area contributed by atoms with Gasteiger partial charge >= 0.3 is 0 Å². The van der Waals surface area contributed by atoms with Gasteiger partial charge in [-0.3, -0.25) is 14.2 Å². The lowest BCUT2D eigenvalue weighted by molar-refractivity contribution is -0.116. The molecule has 0 atom stereocenters. The molecule has 0 saturated carbocycles. The van der Waals surface area contributed by atoms with E-state index in [0.29, 0.717) is 30.3 Å². The number of hydrogen-bond acceptors (Lipinski definition) is 3. The molecule has 1 amide bonds. The molecule has 0 aliphatic carbocycles. The molecule has 3 aromatic carbocycles. The van der Waals surface area contributed by atoms with E-state index in [9.17, 15) is 9.59 Å². The quantitative estimate of drug-likeness (QED) is 0.502. The molecule has 0 spiro atoms. The third-order valence-corrected chi connectivity index (χ3v) is 5.06. The minimum atomic E-state index is -0.0748. The molecular weight excluding hydrogens is 374 g/mol. The Balaban J connectivity index is 1.37. The van der Waals surface area contributed by atoms with Crippen LogP contribution in [0.15, 0.2) is 90.0 Å². The van der Waals surface area contributed by atoms with Gasteiger partial charge in [0.2, 0.25) is 5.91 Å². The van der Waals surface area contributed by atoms with Crippen molar-refractivity contribution >= 4 is 22.5 Å². The van der Waals surface area contributed by atoms with E-state index < -0.39 is 0 Å². The number of carbonyl (C=O) groups is 1. The van der Waals surface area contributed by atoms with Crippen LogP contribution in [0.1, 0.15) is 24.0 Å². The maximum Gasteiger partial charge on any atom is 0.261 e. The van der Waals surface area contributed by atoms with Gasteiger partial charge in [-0.1, -0.05) is 60.7 Å². The molecule has 0 fully saturated rings. The van der Waals surface area contributed by atoms with Gasteiger partial charge in [0.15, 0.2) is 0 Å².